The lowest BCUT2D eigenvalue weighted by Crippen LogP contribution is -2.39. The number of hydrogen-bond acceptors (Lipinski definition) is 3. The van der Waals surface area contributed by atoms with Crippen LogP contribution < -0.4 is 20.3 Å². The lowest BCUT2D eigenvalue weighted by atomic mass is 10.1. The summed E-state index contributed by atoms with van der Waals surface area (Å²) in [6, 6.07) is 22.1. The summed E-state index contributed by atoms with van der Waals surface area (Å²) in [6.07, 6.45) is 0. The maximum absolute atomic E-state index is 12.0. The molecule has 3 aromatic rings. The standard InChI is InChI=1S/C22H25N3O2/c1-25(20-6-4-3-5-7-20)13-12-23-22(26)24-16-17-8-9-19-15-21(27-2)11-10-18(19)14-17/h3-11,14-15H,12-13,16H2,1-2H3,(H2,23,24,26). The molecule has 0 aliphatic carbocycles. The normalized spacial score (nSPS) is 10.4. The van der Waals surface area contributed by atoms with Crippen molar-refractivity contribution >= 4 is 22.5 Å². The third-order valence-corrected chi connectivity index (χ3v) is 4.49. The lowest BCUT2D eigenvalue weighted by Gasteiger charge is -2.19. The molecule has 0 atom stereocenters. The van der Waals surface area contributed by atoms with E-state index in [2.05, 4.69) is 33.7 Å². The SMILES string of the molecule is COc1ccc2cc(CNC(=O)NCCN(C)c3ccccc3)ccc2c1. The number of carbonyl (C=O) groups excluding carboxylic acids is 1. The maximum atomic E-state index is 12.0. The number of urea groups is 1. The first-order valence-electron chi connectivity index (χ1n) is 9.00. The molecule has 0 aromatic heterocycles. The molecule has 2 N–H and O–H groups in total. The fourth-order valence-electron chi connectivity index (χ4n) is 2.90. The first kappa shape index (κ1) is 18.6. The van der Waals surface area contributed by atoms with E-state index in [4.69, 9.17) is 4.74 Å². The summed E-state index contributed by atoms with van der Waals surface area (Å²) >= 11 is 0. The van der Waals surface area contributed by atoms with E-state index in [0.29, 0.717) is 13.1 Å². The number of benzene rings is 3. The van der Waals surface area contributed by atoms with Gasteiger partial charge in [0.25, 0.3) is 0 Å². The Balaban J connectivity index is 1.45. The Morgan fingerprint density at radius 2 is 1.70 bits per heavy atom. The molecule has 0 saturated carbocycles. The Morgan fingerprint density at radius 3 is 2.48 bits per heavy atom. The number of amides is 2. The van der Waals surface area contributed by atoms with Crippen molar-refractivity contribution in [2.45, 2.75) is 6.54 Å². The van der Waals surface area contributed by atoms with Crippen molar-refractivity contribution in [1.82, 2.24) is 10.6 Å². The van der Waals surface area contributed by atoms with Gasteiger partial charge >= 0.3 is 6.03 Å². The molecule has 2 amide bonds. The molecule has 0 aliphatic rings. The highest BCUT2D eigenvalue weighted by Gasteiger charge is 2.04. The van der Waals surface area contributed by atoms with Crippen molar-refractivity contribution < 1.29 is 9.53 Å². The Morgan fingerprint density at radius 1 is 0.963 bits per heavy atom. The Bertz CT molecular complexity index is 896. The molecule has 140 valence electrons. The molecule has 3 rings (SSSR count). The van der Waals surface area contributed by atoms with Gasteiger partial charge in [-0.1, -0.05) is 36.4 Å². The molecule has 0 aliphatic heterocycles. The van der Waals surface area contributed by atoms with E-state index in [1.807, 2.05) is 55.6 Å². The van der Waals surface area contributed by atoms with Gasteiger partial charge in [-0.25, -0.2) is 4.79 Å². The predicted octanol–water partition coefficient (Wildman–Crippen LogP) is 3.78. The van der Waals surface area contributed by atoms with Gasteiger partial charge in [0, 0.05) is 32.4 Å². The van der Waals surface area contributed by atoms with Crippen LogP contribution in [0.2, 0.25) is 0 Å². The summed E-state index contributed by atoms with van der Waals surface area (Å²) in [6.45, 7) is 1.81. The molecule has 0 fully saturated rings. The van der Waals surface area contributed by atoms with Crippen molar-refractivity contribution in [2.24, 2.45) is 0 Å². The molecule has 27 heavy (non-hydrogen) atoms. The monoisotopic (exact) mass is 363 g/mol. The smallest absolute Gasteiger partial charge is 0.315 e. The van der Waals surface area contributed by atoms with Gasteiger partial charge in [-0.3, -0.25) is 0 Å². The molecule has 0 unspecified atom stereocenters. The van der Waals surface area contributed by atoms with Crippen molar-refractivity contribution in [3.8, 4) is 5.75 Å². The number of rotatable bonds is 7. The van der Waals surface area contributed by atoms with Gasteiger partial charge in [0.2, 0.25) is 0 Å². The number of fused-ring (bicyclic) bond motifs is 1. The lowest BCUT2D eigenvalue weighted by molar-refractivity contribution is 0.241. The first-order valence-corrected chi connectivity index (χ1v) is 9.00. The second-order valence-electron chi connectivity index (χ2n) is 6.41. The molecular weight excluding hydrogens is 338 g/mol. The Labute approximate surface area is 159 Å². The predicted molar refractivity (Wildman–Crippen MR) is 110 cm³/mol. The van der Waals surface area contributed by atoms with Crippen molar-refractivity contribution in [3.63, 3.8) is 0 Å². The largest absolute Gasteiger partial charge is 0.497 e. The summed E-state index contributed by atoms with van der Waals surface area (Å²) in [7, 11) is 3.68. The van der Waals surface area contributed by atoms with Gasteiger partial charge in [0.1, 0.15) is 5.75 Å². The highest BCUT2D eigenvalue weighted by Crippen LogP contribution is 2.21. The third kappa shape index (κ3) is 5.14. The summed E-state index contributed by atoms with van der Waals surface area (Å²) in [5.74, 6) is 0.841. The summed E-state index contributed by atoms with van der Waals surface area (Å²) in [4.78, 5) is 14.1. The number of nitrogens with one attached hydrogen (secondary N) is 2. The van der Waals surface area contributed by atoms with E-state index in [0.717, 1.165) is 34.3 Å². The van der Waals surface area contributed by atoms with Crippen molar-refractivity contribution in [2.75, 3.05) is 32.1 Å². The summed E-state index contributed by atoms with van der Waals surface area (Å²) in [5, 5.41) is 8.05. The third-order valence-electron chi connectivity index (χ3n) is 4.49. The van der Waals surface area contributed by atoms with Crippen LogP contribution in [0.1, 0.15) is 5.56 Å². The number of anilines is 1. The molecule has 3 aromatic carbocycles. The number of hydrogen-bond donors (Lipinski definition) is 2. The Hall–Kier alpha value is -3.21. The highest BCUT2D eigenvalue weighted by molar-refractivity contribution is 5.84. The minimum atomic E-state index is -0.161. The van der Waals surface area contributed by atoms with Gasteiger partial charge in [0.05, 0.1) is 7.11 Å². The molecule has 5 nitrogen and oxygen atoms in total. The quantitative estimate of drug-likeness (QED) is 0.672. The van der Waals surface area contributed by atoms with Gasteiger partial charge in [-0.05, 0) is 46.7 Å². The first-order chi connectivity index (χ1) is 13.2. The van der Waals surface area contributed by atoms with Crippen LogP contribution in [-0.2, 0) is 6.54 Å². The summed E-state index contributed by atoms with van der Waals surface area (Å²) in [5.41, 5.74) is 2.19. The van der Waals surface area contributed by atoms with Crippen LogP contribution in [0.5, 0.6) is 5.75 Å². The number of methoxy groups -OCH3 is 1. The number of likely N-dealkylation sites (N-methyl/N-ethyl adjacent to an activating group) is 1. The van der Waals surface area contributed by atoms with Gasteiger partial charge < -0.3 is 20.3 Å². The zero-order valence-corrected chi connectivity index (χ0v) is 15.7. The second kappa shape index (κ2) is 8.94. The molecule has 0 spiro atoms. The minimum Gasteiger partial charge on any atom is -0.497 e. The van der Waals surface area contributed by atoms with E-state index in [1.165, 1.54) is 0 Å². The number of nitrogens with zero attached hydrogens (tertiary/aromatic N) is 1. The van der Waals surface area contributed by atoms with Crippen LogP contribution in [0.15, 0.2) is 66.7 Å². The molecule has 0 heterocycles. The van der Waals surface area contributed by atoms with Crippen LogP contribution in [0, 0.1) is 0 Å². The highest BCUT2D eigenvalue weighted by atomic mass is 16.5. The fourth-order valence-corrected chi connectivity index (χ4v) is 2.90. The maximum Gasteiger partial charge on any atom is 0.315 e. The second-order valence-corrected chi connectivity index (χ2v) is 6.41. The molecule has 5 heteroatoms. The molecule has 0 saturated heterocycles. The van der Waals surface area contributed by atoms with E-state index in [9.17, 15) is 4.79 Å². The average molecular weight is 363 g/mol. The van der Waals surface area contributed by atoms with E-state index >= 15 is 0 Å². The number of para-hydroxylation sites is 1. The van der Waals surface area contributed by atoms with E-state index in [1.54, 1.807) is 7.11 Å². The fraction of sp³-hybridized carbons (Fsp3) is 0.227. The van der Waals surface area contributed by atoms with Crippen LogP contribution in [0.4, 0.5) is 10.5 Å². The van der Waals surface area contributed by atoms with Gasteiger partial charge in [-0.2, -0.15) is 0 Å². The topological polar surface area (TPSA) is 53.6 Å². The van der Waals surface area contributed by atoms with Gasteiger partial charge in [0.15, 0.2) is 0 Å². The van der Waals surface area contributed by atoms with Crippen molar-refractivity contribution in [3.05, 3.63) is 72.3 Å². The van der Waals surface area contributed by atoms with E-state index < -0.39 is 0 Å². The van der Waals surface area contributed by atoms with Crippen LogP contribution in [-0.4, -0.2) is 33.3 Å². The molecule has 0 radical (unpaired) electrons. The zero-order valence-electron chi connectivity index (χ0n) is 15.7. The van der Waals surface area contributed by atoms with Crippen LogP contribution in [0.3, 0.4) is 0 Å². The van der Waals surface area contributed by atoms with Crippen molar-refractivity contribution in [1.29, 1.82) is 0 Å². The van der Waals surface area contributed by atoms with E-state index in [-0.39, 0.29) is 6.03 Å². The number of carbonyl (C=O) groups is 1. The Kier molecular flexibility index (Phi) is 6.15. The summed E-state index contributed by atoms with van der Waals surface area (Å²) < 4.78 is 5.25. The van der Waals surface area contributed by atoms with Crippen LogP contribution >= 0.6 is 0 Å². The number of ether oxygens (including phenoxy) is 1. The van der Waals surface area contributed by atoms with Gasteiger partial charge in [-0.15, -0.1) is 0 Å². The zero-order chi connectivity index (χ0) is 19.1. The molecular formula is C22H25N3O2. The average Bonchev–Trinajstić information content (AvgIpc) is 2.72. The molecule has 0 bridgehead atoms. The minimum absolute atomic E-state index is 0.161. The van der Waals surface area contributed by atoms with Crippen LogP contribution in [0.25, 0.3) is 10.8 Å².